The third-order valence-electron chi connectivity index (χ3n) is 3.68. The molecule has 5 heteroatoms. The van der Waals surface area contributed by atoms with E-state index in [1.807, 2.05) is 12.3 Å². The Labute approximate surface area is 106 Å². The fraction of sp³-hybridized carbons (Fsp3) is 0.462. The van der Waals surface area contributed by atoms with Gasteiger partial charge in [-0.25, -0.2) is 9.97 Å². The molecule has 1 fully saturated rings. The number of rotatable bonds is 2. The first-order valence-electron chi connectivity index (χ1n) is 6.30. The molecule has 18 heavy (non-hydrogen) atoms. The zero-order chi connectivity index (χ0) is 12.4. The Morgan fingerprint density at radius 3 is 2.83 bits per heavy atom. The van der Waals surface area contributed by atoms with Gasteiger partial charge in [0.1, 0.15) is 0 Å². The highest BCUT2D eigenvalue weighted by Gasteiger charge is 2.34. The van der Waals surface area contributed by atoms with Gasteiger partial charge in [0, 0.05) is 42.8 Å². The number of nitrogens with zero attached hydrogens (tertiary/aromatic N) is 4. The molecule has 3 heterocycles. The van der Waals surface area contributed by atoms with Crippen molar-refractivity contribution >= 4 is 5.95 Å². The highest BCUT2D eigenvalue weighted by molar-refractivity contribution is 5.33. The van der Waals surface area contributed by atoms with Gasteiger partial charge in [-0.05, 0) is 25.0 Å². The molecule has 0 aromatic carbocycles. The minimum atomic E-state index is 0.105. The van der Waals surface area contributed by atoms with Crippen molar-refractivity contribution in [2.45, 2.75) is 25.2 Å². The molecule has 1 atom stereocenters. The predicted molar refractivity (Wildman–Crippen MR) is 69.4 cm³/mol. The molecule has 94 valence electrons. The van der Waals surface area contributed by atoms with Gasteiger partial charge in [0.15, 0.2) is 0 Å². The number of hydrogen-bond acceptors (Lipinski definition) is 4. The molecule has 0 spiro atoms. The topological polar surface area (TPSA) is 57.7 Å². The molecule has 2 aromatic rings. The summed E-state index contributed by atoms with van der Waals surface area (Å²) in [5.41, 5.74) is 1.30. The second-order valence-electron chi connectivity index (χ2n) is 5.10. The van der Waals surface area contributed by atoms with E-state index in [2.05, 4.69) is 38.1 Å². The van der Waals surface area contributed by atoms with E-state index in [4.69, 9.17) is 0 Å². The summed E-state index contributed by atoms with van der Waals surface area (Å²) in [5.74, 6) is 0.822. The molecule has 0 amide bonds. The molecule has 1 aliphatic heterocycles. The molecule has 1 N–H and O–H groups in total. The smallest absolute Gasteiger partial charge is 0.225 e. The second kappa shape index (κ2) is 4.40. The van der Waals surface area contributed by atoms with Gasteiger partial charge in [-0.2, -0.15) is 5.10 Å². The van der Waals surface area contributed by atoms with E-state index in [1.54, 1.807) is 12.4 Å². The van der Waals surface area contributed by atoms with Crippen molar-refractivity contribution in [2.24, 2.45) is 0 Å². The molecule has 2 aromatic heterocycles. The average Bonchev–Trinajstić information content (AvgIpc) is 2.95. The molecule has 3 rings (SSSR count). The largest absolute Gasteiger partial charge is 0.340 e. The zero-order valence-electron chi connectivity index (χ0n) is 10.5. The standard InChI is InChI=1S/C13H17N5/c1-13(11-4-8-16-17-11)5-2-9-18(10-13)12-14-6-3-7-15-12/h3-4,6-8H,2,5,9-10H2,1H3,(H,16,17). The van der Waals surface area contributed by atoms with Crippen LogP contribution in [-0.4, -0.2) is 33.3 Å². The Kier molecular flexibility index (Phi) is 2.74. The van der Waals surface area contributed by atoms with Crippen LogP contribution in [0.5, 0.6) is 0 Å². The van der Waals surface area contributed by atoms with Crippen molar-refractivity contribution in [1.29, 1.82) is 0 Å². The van der Waals surface area contributed by atoms with Gasteiger partial charge in [-0.15, -0.1) is 0 Å². The van der Waals surface area contributed by atoms with Crippen LogP contribution in [0.2, 0.25) is 0 Å². The number of anilines is 1. The summed E-state index contributed by atoms with van der Waals surface area (Å²) in [4.78, 5) is 10.9. The Balaban J connectivity index is 1.84. The molecular weight excluding hydrogens is 226 g/mol. The summed E-state index contributed by atoms with van der Waals surface area (Å²) in [7, 11) is 0. The molecule has 1 saturated heterocycles. The highest BCUT2D eigenvalue weighted by atomic mass is 15.3. The van der Waals surface area contributed by atoms with E-state index in [0.29, 0.717) is 0 Å². The third kappa shape index (κ3) is 1.96. The SMILES string of the molecule is CC1(c2ccn[nH]2)CCCN(c2ncccn2)C1. The lowest BCUT2D eigenvalue weighted by molar-refractivity contribution is 0.361. The van der Waals surface area contributed by atoms with Crippen LogP contribution in [0.15, 0.2) is 30.7 Å². The maximum atomic E-state index is 4.34. The van der Waals surface area contributed by atoms with Gasteiger partial charge in [0.05, 0.1) is 0 Å². The summed E-state index contributed by atoms with van der Waals surface area (Å²) >= 11 is 0. The zero-order valence-corrected chi connectivity index (χ0v) is 10.5. The lowest BCUT2D eigenvalue weighted by atomic mass is 9.79. The van der Waals surface area contributed by atoms with E-state index in [9.17, 15) is 0 Å². The Morgan fingerprint density at radius 2 is 2.11 bits per heavy atom. The number of aromatic nitrogens is 4. The van der Waals surface area contributed by atoms with Crippen molar-refractivity contribution in [1.82, 2.24) is 20.2 Å². The van der Waals surface area contributed by atoms with Crippen molar-refractivity contribution in [3.8, 4) is 0 Å². The maximum Gasteiger partial charge on any atom is 0.225 e. The normalized spacial score (nSPS) is 24.2. The summed E-state index contributed by atoms with van der Waals surface area (Å²) in [6, 6.07) is 3.91. The quantitative estimate of drug-likeness (QED) is 0.873. The molecule has 1 aliphatic rings. The molecule has 0 bridgehead atoms. The number of H-pyrrole nitrogens is 1. The Morgan fingerprint density at radius 1 is 1.28 bits per heavy atom. The van der Waals surface area contributed by atoms with E-state index in [0.717, 1.165) is 25.5 Å². The number of aromatic amines is 1. The molecule has 0 aliphatic carbocycles. The predicted octanol–water partition coefficient (Wildman–Crippen LogP) is 1.76. The van der Waals surface area contributed by atoms with Crippen LogP contribution in [0.4, 0.5) is 5.95 Å². The number of piperidine rings is 1. The number of nitrogens with one attached hydrogen (secondary N) is 1. The van der Waals surface area contributed by atoms with Gasteiger partial charge in [-0.1, -0.05) is 6.92 Å². The van der Waals surface area contributed by atoms with E-state index >= 15 is 0 Å². The first-order valence-corrected chi connectivity index (χ1v) is 6.30. The summed E-state index contributed by atoms with van der Waals surface area (Å²) < 4.78 is 0. The third-order valence-corrected chi connectivity index (χ3v) is 3.68. The van der Waals surface area contributed by atoms with Crippen LogP contribution in [0.25, 0.3) is 0 Å². The second-order valence-corrected chi connectivity index (χ2v) is 5.10. The van der Waals surface area contributed by atoms with Gasteiger partial charge < -0.3 is 4.90 Å². The van der Waals surface area contributed by atoms with Crippen LogP contribution in [0.3, 0.4) is 0 Å². The highest BCUT2D eigenvalue weighted by Crippen LogP contribution is 2.33. The maximum absolute atomic E-state index is 4.34. The van der Waals surface area contributed by atoms with Gasteiger partial charge in [-0.3, -0.25) is 5.10 Å². The molecule has 5 nitrogen and oxygen atoms in total. The van der Waals surface area contributed by atoms with Crippen LogP contribution in [-0.2, 0) is 5.41 Å². The van der Waals surface area contributed by atoms with Gasteiger partial charge in [0.2, 0.25) is 5.95 Å². The minimum absolute atomic E-state index is 0.105. The summed E-state index contributed by atoms with van der Waals surface area (Å²) in [6.45, 7) is 4.22. The van der Waals surface area contributed by atoms with Gasteiger partial charge in [0.25, 0.3) is 0 Å². The number of hydrogen-bond donors (Lipinski definition) is 1. The van der Waals surface area contributed by atoms with Crippen molar-refractivity contribution in [2.75, 3.05) is 18.0 Å². The first kappa shape index (κ1) is 11.2. The molecule has 0 radical (unpaired) electrons. The van der Waals surface area contributed by atoms with Crippen molar-refractivity contribution < 1.29 is 0 Å². The van der Waals surface area contributed by atoms with E-state index < -0.39 is 0 Å². The lowest BCUT2D eigenvalue weighted by Gasteiger charge is -2.39. The average molecular weight is 243 g/mol. The van der Waals surface area contributed by atoms with Crippen LogP contribution in [0.1, 0.15) is 25.5 Å². The molecule has 0 saturated carbocycles. The fourth-order valence-electron chi connectivity index (χ4n) is 2.68. The lowest BCUT2D eigenvalue weighted by Crippen LogP contribution is -2.45. The Bertz CT molecular complexity index is 495. The molecular formula is C13H17N5. The van der Waals surface area contributed by atoms with E-state index in [1.165, 1.54) is 12.1 Å². The summed E-state index contributed by atoms with van der Waals surface area (Å²) in [6.07, 6.45) is 7.72. The van der Waals surface area contributed by atoms with Gasteiger partial charge >= 0.3 is 0 Å². The minimum Gasteiger partial charge on any atom is -0.340 e. The van der Waals surface area contributed by atoms with Crippen molar-refractivity contribution in [3.63, 3.8) is 0 Å². The fourth-order valence-corrected chi connectivity index (χ4v) is 2.68. The summed E-state index contributed by atoms with van der Waals surface area (Å²) in [5, 5.41) is 7.17. The van der Waals surface area contributed by atoms with Crippen LogP contribution < -0.4 is 4.90 Å². The molecule has 1 unspecified atom stereocenters. The Hall–Kier alpha value is -1.91. The van der Waals surface area contributed by atoms with Crippen LogP contribution in [0, 0.1) is 0 Å². The van der Waals surface area contributed by atoms with Crippen LogP contribution >= 0.6 is 0 Å². The van der Waals surface area contributed by atoms with Crippen molar-refractivity contribution in [3.05, 3.63) is 36.4 Å². The van der Waals surface area contributed by atoms with E-state index in [-0.39, 0.29) is 5.41 Å². The monoisotopic (exact) mass is 243 g/mol. The first-order chi connectivity index (χ1) is 8.78.